The van der Waals surface area contributed by atoms with E-state index in [2.05, 4.69) is 169 Å². The van der Waals surface area contributed by atoms with Crippen molar-refractivity contribution >= 4 is 67.9 Å². The van der Waals surface area contributed by atoms with E-state index in [1.165, 1.54) is 60.3 Å². The quantitative estimate of drug-likeness (QED) is 0.169. The highest BCUT2D eigenvalue weighted by Crippen LogP contribution is 2.32. The molecule has 0 unspecified atom stereocenters. The largest absolute Gasteiger partial charge is 0.341 e. The van der Waals surface area contributed by atoms with Gasteiger partial charge in [0.25, 0.3) is 0 Å². The molecular formula is C43H35N3. The molecule has 0 aliphatic heterocycles. The van der Waals surface area contributed by atoms with Gasteiger partial charge in [0.15, 0.2) is 0 Å². The summed E-state index contributed by atoms with van der Waals surface area (Å²) in [4.78, 5) is 4.78. The van der Waals surface area contributed by atoms with E-state index >= 15 is 0 Å². The maximum Gasteiger partial charge on any atom is 0.0702 e. The second-order valence-corrected chi connectivity index (χ2v) is 11.8. The third-order valence-electron chi connectivity index (χ3n) is 9.15. The highest BCUT2D eigenvalue weighted by atomic mass is 15.0. The molecule has 5 aromatic carbocycles. The van der Waals surface area contributed by atoms with Gasteiger partial charge in [-0.25, -0.2) is 0 Å². The molecule has 3 nitrogen and oxygen atoms in total. The predicted octanol–water partition coefficient (Wildman–Crippen LogP) is 11.3. The Bertz CT molecular complexity index is 2240. The van der Waals surface area contributed by atoms with E-state index in [1.54, 1.807) is 0 Å². The zero-order chi connectivity index (χ0) is 31.0. The second-order valence-electron chi connectivity index (χ2n) is 11.8. The van der Waals surface area contributed by atoms with Gasteiger partial charge in [-0.3, -0.25) is 4.98 Å². The number of pyridine rings is 1. The molecule has 0 fully saturated rings. The highest BCUT2D eigenvalue weighted by molar-refractivity contribution is 6.09. The van der Waals surface area contributed by atoms with Crippen molar-refractivity contribution in [3.63, 3.8) is 0 Å². The van der Waals surface area contributed by atoms with Gasteiger partial charge in [0.2, 0.25) is 0 Å². The molecular weight excluding hydrogens is 558 g/mol. The summed E-state index contributed by atoms with van der Waals surface area (Å²) in [7, 11) is 0. The van der Waals surface area contributed by atoms with Crippen molar-refractivity contribution in [2.45, 2.75) is 26.9 Å². The van der Waals surface area contributed by atoms with Crippen LogP contribution >= 0.6 is 0 Å². The Kier molecular flexibility index (Phi) is 7.07. The monoisotopic (exact) mass is 593 g/mol. The Hall–Kier alpha value is -5.67. The van der Waals surface area contributed by atoms with Crippen molar-refractivity contribution < 1.29 is 0 Å². The van der Waals surface area contributed by atoms with Crippen molar-refractivity contribution in [2.24, 2.45) is 0 Å². The summed E-state index contributed by atoms with van der Waals surface area (Å²) in [6.07, 6.45) is 10.7. The lowest BCUT2D eigenvalue weighted by atomic mass is 10.1. The van der Waals surface area contributed by atoms with E-state index < -0.39 is 0 Å². The minimum atomic E-state index is 0.958. The Morgan fingerprint density at radius 1 is 0.457 bits per heavy atom. The Morgan fingerprint density at radius 3 is 1.43 bits per heavy atom. The number of nitrogens with zero attached hydrogens (tertiary/aromatic N) is 3. The lowest BCUT2D eigenvalue weighted by molar-refractivity contribution is 0.827. The van der Waals surface area contributed by atoms with E-state index in [1.807, 2.05) is 6.20 Å². The topological polar surface area (TPSA) is 22.8 Å². The Morgan fingerprint density at radius 2 is 0.913 bits per heavy atom. The first-order chi connectivity index (χ1) is 22.7. The first-order valence-electron chi connectivity index (χ1n) is 16.1. The maximum absolute atomic E-state index is 4.78. The molecule has 0 aliphatic rings. The zero-order valence-corrected chi connectivity index (χ0v) is 26.2. The Balaban J connectivity index is 0.979. The summed E-state index contributed by atoms with van der Waals surface area (Å²) < 4.78 is 4.78. The Labute approximate surface area is 269 Å². The number of rotatable bonds is 7. The van der Waals surface area contributed by atoms with Crippen molar-refractivity contribution in [3.8, 4) is 11.3 Å². The van der Waals surface area contributed by atoms with Crippen molar-refractivity contribution in [3.05, 3.63) is 150 Å². The summed E-state index contributed by atoms with van der Waals surface area (Å²) in [5.74, 6) is 0. The number of para-hydroxylation sites is 2. The van der Waals surface area contributed by atoms with Gasteiger partial charge in [0.1, 0.15) is 0 Å². The summed E-state index contributed by atoms with van der Waals surface area (Å²) in [5.41, 5.74) is 11.9. The highest BCUT2D eigenvalue weighted by Gasteiger charge is 2.10. The molecule has 3 heteroatoms. The minimum Gasteiger partial charge on any atom is -0.341 e. The molecule has 3 heterocycles. The molecule has 0 radical (unpaired) electrons. The van der Waals surface area contributed by atoms with Crippen LogP contribution in [0.4, 0.5) is 0 Å². The van der Waals surface area contributed by atoms with Gasteiger partial charge < -0.3 is 9.13 Å². The third kappa shape index (κ3) is 4.91. The van der Waals surface area contributed by atoms with E-state index in [9.17, 15) is 0 Å². The van der Waals surface area contributed by atoms with Gasteiger partial charge in [-0.05, 0) is 78.6 Å². The zero-order valence-electron chi connectivity index (χ0n) is 26.2. The van der Waals surface area contributed by atoms with Crippen LogP contribution in [0.3, 0.4) is 0 Å². The molecule has 0 aliphatic carbocycles. The number of hydrogen-bond acceptors (Lipinski definition) is 1. The van der Waals surface area contributed by atoms with Crippen molar-refractivity contribution in [2.75, 3.05) is 0 Å². The number of aromatic nitrogens is 3. The van der Waals surface area contributed by atoms with Gasteiger partial charge in [-0.1, -0.05) is 103 Å². The van der Waals surface area contributed by atoms with Crippen LogP contribution in [0, 0.1) is 0 Å². The van der Waals surface area contributed by atoms with Crippen LogP contribution in [0.1, 0.15) is 36.1 Å². The summed E-state index contributed by atoms with van der Waals surface area (Å²) in [5, 5.41) is 5.22. The number of aryl methyl sites for hydroxylation is 2. The van der Waals surface area contributed by atoms with Crippen molar-refractivity contribution in [1.29, 1.82) is 0 Å². The first kappa shape index (κ1) is 27.8. The van der Waals surface area contributed by atoms with E-state index in [-0.39, 0.29) is 0 Å². The van der Waals surface area contributed by atoms with Crippen LogP contribution in [-0.4, -0.2) is 14.1 Å². The molecule has 0 saturated heterocycles. The summed E-state index contributed by atoms with van der Waals surface area (Å²) in [6.45, 7) is 6.33. The molecule has 8 rings (SSSR count). The molecule has 3 aromatic heterocycles. The van der Waals surface area contributed by atoms with Gasteiger partial charge in [0.05, 0.1) is 5.69 Å². The number of fused-ring (bicyclic) bond motifs is 6. The SMILES string of the molecule is CCn1c2ccccc2c2cc(/C=C/c3ccc(-c4ccc(/C=C/c5ccc6c(c5)c5ccccc5n6CC)cn4)cc3)ccc21. The van der Waals surface area contributed by atoms with E-state index in [0.717, 1.165) is 29.9 Å². The standard InChI is InChI=1S/C43H35N3/c1-3-45-40-11-7-5-9-35(40)37-27-31(20-25-42(37)45)14-13-30-17-22-34(23-18-30)39-24-19-33(29-44-39)16-15-32-21-26-43-38(28-32)36-10-6-8-12-41(36)46(43)4-2/h5-29H,3-4H2,1-2H3/b14-13+,16-15+. The lowest BCUT2D eigenvalue weighted by Gasteiger charge is -2.04. The van der Waals surface area contributed by atoms with Gasteiger partial charge in [-0.2, -0.15) is 0 Å². The van der Waals surface area contributed by atoms with Gasteiger partial charge in [0, 0.05) is 68.5 Å². The molecule has 46 heavy (non-hydrogen) atoms. The van der Waals surface area contributed by atoms with Crippen LogP contribution in [0.5, 0.6) is 0 Å². The molecule has 0 N–H and O–H groups in total. The van der Waals surface area contributed by atoms with E-state index in [4.69, 9.17) is 4.98 Å². The summed E-state index contributed by atoms with van der Waals surface area (Å²) >= 11 is 0. The maximum atomic E-state index is 4.78. The second kappa shape index (κ2) is 11.7. The minimum absolute atomic E-state index is 0.958. The fraction of sp³-hybridized carbons (Fsp3) is 0.0930. The van der Waals surface area contributed by atoms with E-state index in [0.29, 0.717) is 0 Å². The first-order valence-corrected chi connectivity index (χ1v) is 16.1. The van der Waals surface area contributed by atoms with Crippen LogP contribution < -0.4 is 0 Å². The number of benzene rings is 5. The predicted molar refractivity (Wildman–Crippen MR) is 198 cm³/mol. The van der Waals surface area contributed by atoms with Gasteiger partial charge in [-0.15, -0.1) is 0 Å². The number of hydrogen-bond donors (Lipinski definition) is 0. The lowest BCUT2D eigenvalue weighted by Crippen LogP contribution is -1.92. The van der Waals surface area contributed by atoms with Crippen LogP contribution in [0.2, 0.25) is 0 Å². The average molecular weight is 594 g/mol. The van der Waals surface area contributed by atoms with Crippen molar-refractivity contribution in [1.82, 2.24) is 14.1 Å². The molecule has 0 saturated carbocycles. The molecule has 0 spiro atoms. The third-order valence-corrected chi connectivity index (χ3v) is 9.15. The van der Waals surface area contributed by atoms with Crippen LogP contribution in [0.25, 0.3) is 79.2 Å². The van der Waals surface area contributed by atoms with Gasteiger partial charge >= 0.3 is 0 Å². The molecule has 0 atom stereocenters. The molecule has 222 valence electrons. The molecule has 8 aromatic rings. The smallest absolute Gasteiger partial charge is 0.0702 e. The fourth-order valence-electron chi connectivity index (χ4n) is 6.86. The average Bonchev–Trinajstić information content (AvgIpc) is 3.61. The van der Waals surface area contributed by atoms with Crippen LogP contribution in [0.15, 0.2) is 128 Å². The normalized spacial score (nSPS) is 12.1. The fourth-order valence-corrected chi connectivity index (χ4v) is 6.86. The summed E-state index contributed by atoms with van der Waals surface area (Å²) in [6, 6.07) is 43.7. The molecule has 0 amide bonds. The van der Waals surface area contributed by atoms with Crippen LogP contribution in [-0.2, 0) is 13.1 Å². The molecule has 0 bridgehead atoms.